The lowest BCUT2D eigenvalue weighted by Crippen LogP contribution is -2.53. The number of ether oxygens (including phenoxy) is 1. The first kappa shape index (κ1) is 16.1. The number of esters is 1. The molecule has 4 fully saturated rings. The summed E-state index contributed by atoms with van der Waals surface area (Å²) in [5, 5.41) is -4.90. The van der Waals surface area contributed by atoms with E-state index in [0.717, 1.165) is 38.5 Å². The summed E-state index contributed by atoms with van der Waals surface area (Å²) < 4.78 is 60.7. The predicted octanol–water partition coefficient (Wildman–Crippen LogP) is 2.62. The van der Waals surface area contributed by atoms with Crippen LogP contribution in [0.4, 0.5) is 8.78 Å². The molecule has 5 nitrogen and oxygen atoms in total. The largest absolute Gasteiger partial charge is 0.465 e. The summed E-state index contributed by atoms with van der Waals surface area (Å²) in [6.45, 7) is 1.99. The van der Waals surface area contributed by atoms with Crippen LogP contribution < -0.4 is 0 Å². The van der Waals surface area contributed by atoms with Gasteiger partial charge in [0.15, 0.2) is 0 Å². The zero-order valence-electron chi connectivity index (χ0n) is 12.3. The van der Waals surface area contributed by atoms with E-state index in [-0.39, 0.29) is 17.4 Å². The molecule has 2 atom stereocenters. The van der Waals surface area contributed by atoms with Crippen molar-refractivity contribution in [2.24, 2.45) is 22.7 Å². The minimum atomic E-state index is -5.80. The van der Waals surface area contributed by atoms with Crippen molar-refractivity contribution in [3.05, 3.63) is 0 Å². The van der Waals surface area contributed by atoms with Crippen LogP contribution in [-0.2, 0) is 19.6 Å². The molecule has 0 spiro atoms. The van der Waals surface area contributed by atoms with Gasteiger partial charge in [-0.2, -0.15) is 17.2 Å². The van der Waals surface area contributed by atoms with Gasteiger partial charge in [-0.05, 0) is 55.8 Å². The Bertz CT molecular complexity index is 586. The van der Waals surface area contributed by atoms with Gasteiger partial charge in [-0.3, -0.25) is 4.55 Å². The Labute approximate surface area is 128 Å². The maximum atomic E-state index is 13.2. The Balaban J connectivity index is 1.71. The zero-order chi connectivity index (χ0) is 16.4. The SMILES string of the molecule is CC12CC3CC(C1)CC(COC(=O)C(F)(F)S(=O)(=O)O)(C3)C2. The fourth-order valence-electron chi connectivity index (χ4n) is 5.51. The number of halogens is 2. The summed E-state index contributed by atoms with van der Waals surface area (Å²) in [7, 11) is -5.80. The van der Waals surface area contributed by atoms with Gasteiger partial charge in [-0.25, -0.2) is 4.79 Å². The highest BCUT2D eigenvalue weighted by Gasteiger charge is 2.58. The second-order valence-electron chi connectivity index (χ2n) is 7.84. The van der Waals surface area contributed by atoms with E-state index in [1.807, 2.05) is 0 Å². The minimum Gasteiger partial charge on any atom is -0.460 e. The van der Waals surface area contributed by atoms with Gasteiger partial charge >= 0.3 is 21.3 Å². The van der Waals surface area contributed by atoms with E-state index in [1.54, 1.807) is 0 Å². The smallest absolute Gasteiger partial charge is 0.460 e. The van der Waals surface area contributed by atoms with Crippen LogP contribution >= 0.6 is 0 Å². The highest BCUT2D eigenvalue weighted by atomic mass is 32.2. The molecule has 2 unspecified atom stereocenters. The topological polar surface area (TPSA) is 80.7 Å². The van der Waals surface area contributed by atoms with Crippen LogP contribution in [0.15, 0.2) is 0 Å². The van der Waals surface area contributed by atoms with Crippen molar-refractivity contribution in [2.45, 2.75) is 50.7 Å². The molecule has 0 amide bonds. The molecule has 126 valence electrons. The van der Waals surface area contributed by atoms with E-state index >= 15 is 0 Å². The van der Waals surface area contributed by atoms with Crippen molar-refractivity contribution >= 4 is 16.1 Å². The van der Waals surface area contributed by atoms with E-state index in [9.17, 15) is 22.0 Å². The third-order valence-corrected chi connectivity index (χ3v) is 6.36. The molecule has 4 bridgehead atoms. The van der Waals surface area contributed by atoms with Gasteiger partial charge in [0.2, 0.25) is 0 Å². The van der Waals surface area contributed by atoms with Crippen molar-refractivity contribution < 1.29 is 31.3 Å². The monoisotopic (exact) mass is 338 g/mol. The number of carbonyl (C=O) groups is 1. The normalized spacial score (nSPS) is 40.7. The Morgan fingerprint density at radius 2 is 1.82 bits per heavy atom. The molecule has 0 heterocycles. The molecule has 0 radical (unpaired) electrons. The van der Waals surface area contributed by atoms with Gasteiger partial charge in [0.25, 0.3) is 0 Å². The van der Waals surface area contributed by atoms with E-state index < -0.39 is 21.3 Å². The summed E-state index contributed by atoms with van der Waals surface area (Å²) in [5.74, 6) is -1.12. The highest BCUT2D eigenvalue weighted by molar-refractivity contribution is 7.87. The molecule has 0 saturated heterocycles. The molecule has 1 N–H and O–H groups in total. The Hall–Kier alpha value is -0.760. The first-order valence-electron chi connectivity index (χ1n) is 7.47. The van der Waals surface area contributed by atoms with Crippen LogP contribution in [0.2, 0.25) is 0 Å². The summed E-state index contributed by atoms with van der Waals surface area (Å²) in [6, 6.07) is 0. The molecule has 22 heavy (non-hydrogen) atoms. The molecular formula is C14H20F2O5S. The van der Waals surface area contributed by atoms with Crippen molar-refractivity contribution in [1.29, 1.82) is 0 Å². The number of rotatable bonds is 4. The molecule has 0 aromatic carbocycles. The van der Waals surface area contributed by atoms with E-state index in [2.05, 4.69) is 11.7 Å². The van der Waals surface area contributed by atoms with Gasteiger partial charge < -0.3 is 4.74 Å². The van der Waals surface area contributed by atoms with Crippen molar-refractivity contribution in [3.63, 3.8) is 0 Å². The van der Waals surface area contributed by atoms with Gasteiger partial charge in [-0.15, -0.1) is 0 Å². The first-order valence-corrected chi connectivity index (χ1v) is 8.91. The van der Waals surface area contributed by atoms with Crippen molar-refractivity contribution in [1.82, 2.24) is 0 Å². The average molecular weight is 338 g/mol. The van der Waals surface area contributed by atoms with E-state index in [4.69, 9.17) is 4.55 Å². The lowest BCUT2D eigenvalue weighted by molar-refractivity contribution is -0.177. The average Bonchev–Trinajstić information content (AvgIpc) is 2.31. The lowest BCUT2D eigenvalue weighted by atomic mass is 9.45. The third-order valence-electron chi connectivity index (χ3n) is 5.55. The number of hydrogen-bond acceptors (Lipinski definition) is 4. The minimum absolute atomic E-state index is 0.169. The van der Waals surface area contributed by atoms with Crippen LogP contribution in [0.1, 0.15) is 45.4 Å². The third kappa shape index (κ3) is 2.54. The first-order chi connectivity index (χ1) is 9.95. The molecule has 0 aliphatic heterocycles. The van der Waals surface area contributed by atoms with Crippen molar-refractivity contribution in [2.75, 3.05) is 6.61 Å². The van der Waals surface area contributed by atoms with Crippen LogP contribution in [0.25, 0.3) is 0 Å². The molecule has 0 aromatic rings. The standard InChI is InChI=1S/C14H20F2O5S/c1-12-3-9-2-10(4-12)6-13(5-9,7-12)8-21-11(17)14(15,16)22(18,19)20/h9-10H,2-8H2,1H3,(H,18,19,20). The molecule has 4 aliphatic carbocycles. The van der Waals surface area contributed by atoms with Gasteiger partial charge in [0, 0.05) is 5.41 Å². The lowest BCUT2D eigenvalue weighted by Gasteiger charge is -2.61. The van der Waals surface area contributed by atoms with Gasteiger partial charge in [0.05, 0.1) is 6.61 Å². The summed E-state index contributed by atoms with van der Waals surface area (Å²) >= 11 is 0. The highest BCUT2D eigenvalue weighted by Crippen LogP contribution is 2.65. The van der Waals surface area contributed by atoms with Gasteiger partial charge in [-0.1, -0.05) is 6.92 Å². The van der Waals surface area contributed by atoms with E-state index in [1.165, 1.54) is 0 Å². The summed E-state index contributed by atoms with van der Waals surface area (Å²) in [6.07, 6.45) is 5.89. The molecule has 8 heteroatoms. The van der Waals surface area contributed by atoms with Crippen molar-refractivity contribution in [3.8, 4) is 0 Å². The molecule has 4 rings (SSSR count). The molecule has 0 aromatic heterocycles. The number of alkyl halides is 2. The summed E-state index contributed by atoms with van der Waals surface area (Å²) in [5.41, 5.74) is -0.147. The number of hydrogen-bond donors (Lipinski definition) is 1. The molecule has 4 aliphatic rings. The number of carbonyl (C=O) groups excluding carboxylic acids is 1. The maximum absolute atomic E-state index is 13.2. The predicted molar refractivity (Wildman–Crippen MR) is 72.7 cm³/mol. The molecular weight excluding hydrogens is 318 g/mol. The van der Waals surface area contributed by atoms with Crippen LogP contribution in [0, 0.1) is 22.7 Å². The van der Waals surface area contributed by atoms with Crippen LogP contribution in [-0.4, -0.2) is 30.8 Å². The van der Waals surface area contributed by atoms with Crippen LogP contribution in [0.5, 0.6) is 0 Å². The zero-order valence-corrected chi connectivity index (χ0v) is 13.2. The quantitative estimate of drug-likeness (QED) is 0.629. The summed E-state index contributed by atoms with van der Waals surface area (Å²) in [4.78, 5) is 11.4. The van der Waals surface area contributed by atoms with Gasteiger partial charge in [0.1, 0.15) is 0 Å². The van der Waals surface area contributed by atoms with Crippen LogP contribution in [0.3, 0.4) is 0 Å². The fraction of sp³-hybridized carbons (Fsp3) is 0.929. The second kappa shape index (κ2) is 4.63. The Morgan fingerprint density at radius 3 is 2.27 bits per heavy atom. The van der Waals surface area contributed by atoms with E-state index in [0.29, 0.717) is 11.8 Å². The Kier molecular flexibility index (Phi) is 3.39. The Morgan fingerprint density at radius 1 is 1.27 bits per heavy atom. The molecule has 4 saturated carbocycles. The fourth-order valence-corrected chi connectivity index (χ4v) is 5.77. The maximum Gasteiger partial charge on any atom is 0.465 e. The second-order valence-corrected chi connectivity index (χ2v) is 9.30.